The van der Waals surface area contributed by atoms with Crippen molar-refractivity contribution in [1.82, 2.24) is 20.0 Å². The molecule has 1 atom stereocenters. The monoisotopic (exact) mass is 298 g/mol. The van der Waals surface area contributed by atoms with Gasteiger partial charge in [0.1, 0.15) is 0 Å². The van der Waals surface area contributed by atoms with Crippen LogP contribution in [0.15, 0.2) is 42.7 Å². The Balaban J connectivity index is 1.65. The molecular formula is C17H22N4O. The van der Waals surface area contributed by atoms with E-state index >= 15 is 0 Å². The second-order valence-corrected chi connectivity index (χ2v) is 5.78. The Morgan fingerprint density at radius 1 is 1.36 bits per heavy atom. The average molecular weight is 298 g/mol. The summed E-state index contributed by atoms with van der Waals surface area (Å²) in [6.07, 6.45) is 5.91. The van der Waals surface area contributed by atoms with Crippen LogP contribution in [0.25, 0.3) is 0 Å². The molecule has 0 spiro atoms. The molecule has 0 saturated carbocycles. The number of nitrogens with one attached hydrogen (secondary N) is 1. The number of piperidine rings is 1. The fourth-order valence-electron chi connectivity index (χ4n) is 2.91. The van der Waals surface area contributed by atoms with Crippen LogP contribution in [0, 0.1) is 0 Å². The normalized spacial score (nSPS) is 18.4. The first-order chi connectivity index (χ1) is 10.8. The molecule has 3 rings (SSSR count). The van der Waals surface area contributed by atoms with Crippen LogP contribution in [-0.4, -0.2) is 46.8 Å². The standard InChI is InChI=1S/C17H22N4O/c1-18-16-4-2-10-20(13-16)17(22)15-7-5-14(6-8-15)12-21-11-3-9-19-21/h3,5-9,11,16,18H,2,4,10,12-13H2,1H3. The van der Waals surface area contributed by atoms with E-state index in [1.807, 2.05) is 53.2 Å². The maximum Gasteiger partial charge on any atom is 0.253 e. The molecule has 1 aliphatic heterocycles. The van der Waals surface area contributed by atoms with Crippen LogP contribution in [-0.2, 0) is 6.54 Å². The lowest BCUT2D eigenvalue weighted by molar-refractivity contribution is 0.0698. The Kier molecular flexibility index (Phi) is 4.53. The van der Waals surface area contributed by atoms with Crippen LogP contribution < -0.4 is 5.32 Å². The lowest BCUT2D eigenvalue weighted by atomic mass is 10.0. The average Bonchev–Trinajstić information content (AvgIpc) is 3.08. The largest absolute Gasteiger partial charge is 0.337 e. The summed E-state index contributed by atoms with van der Waals surface area (Å²) < 4.78 is 1.87. The molecular weight excluding hydrogens is 276 g/mol. The number of carbonyl (C=O) groups is 1. The zero-order valence-corrected chi connectivity index (χ0v) is 12.9. The van der Waals surface area contributed by atoms with E-state index in [1.165, 1.54) is 0 Å². The quantitative estimate of drug-likeness (QED) is 0.935. The molecule has 5 heteroatoms. The van der Waals surface area contributed by atoms with Crippen molar-refractivity contribution in [3.8, 4) is 0 Å². The van der Waals surface area contributed by atoms with E-state index in [4.69, 9.17) is 0 Å². The van der Waals surface area contributed by atoms with Gasteiger partial charge in [0, 0.05) is 37.1 Å². The summed E-state index contributed by atoms with van der Waals surface area (Å²) in [5, 5.41) is 7.47. The van der Waals surface area contributed by atoms with E-state index in [2.05, 4.69) is 10.4 Å². The Bertz CT molecular complexity index is 606. The molecule has 22 heavy (non-hydrogen) atoms. The van der Waals surface area contributed by atoms with Gasteiger partial charge in [0.05, 0.1) is 6.54 Å². The van der Waals surface area contributed by atoms with Crippen LogP contribution in [0.4, 0.5) is 0 Å². The van der Waals surface area contributed by atoms with Crippen LogP contribution >= 0.6 is 0 Å². The molecule has 1 aliphatic rings. The number of amides is 1. The number of rotatable bonds is 4. The molecule has 1 N–H and O–H groups in total. The van der Waals surface area contributed by atoms with Crippen molar-refractivity contribution in [1.29, 1.82) is 0 Å². The molecule has 116 valence electrons. The van der Waals surface area contributed by atoms with Crippen molar-refractivity contribution >= 4 is 5.91 Å². The van der Waals surface area contributed by atoms with Gasteiger partial charge in [0.15, 0.2) is 0 Å². The first-order valence-electron chi connectivity index (χ1n) is 7.79. The summed E-state index contributed by atoms with van der Waals surface area (Å²) in [7, 11) is 1.96. The maximum atomic E-state index is 12.6. The Morgan fingerprint density at radius 3 is 2.86 bits per heavy atom. The highest BCUT2D eigenvalue weighted by Gasteiger charge is 2.23. The Hall–Kier alpha value is -2.14. The Labute approximate surface area is 130 Å². The number of carbonyl (C=O) groups excluding carboxylic acids is 1. The summed E-state index contributed by atoms with van der Waals surface area (Å²) in [4.78, 5) is 14.5. The van der Waals surface area contributed by atoms with E-state index < -0.39 is 0 Å². The summed E-state index contributed by atoms with van der Waals surface area (Å²) in [5.74, 6) is 0.130. The first kappa shape index (κ1) is 14.8. The minimum atomic E-state index is 0.130. The predicted molar refractivity (Wildman–Crippen MR) is 85.8 cm³/mol. The minimum absolute atomic E-state index is 0.130. The highest BCUT2D eigenvalue weighted by Crippen LogP contribution is 2.14. The molecule has 1 aromatic carbocycles. The van der Waals surface area contributed by atoms with Gasteiger partial charge in [-0.15, -0.1) is 0 Å². The van der Waals surface area contributed by atoms with E-state index in [0.29, 0.717) is 6.04 Å². The second kappa shape index (κ2) is 6.75. The molecule has 0 aliphatic carbocycles. The first-order valence-corrected chi connectivity index (χ1v) is 7.79. The van der Waals surface area contributed by atoms with Gasteiger partial charge >= 0.3 is 0 Å². The number of hydrogen-bond acceptors (Lipinski definition) is 3. The van der Waals surface area contributed by atoms with E-state index in [-0.39, 0.29) is 5.91 Å². The van der Waals surface area contributed by atoms with Crippen molar-refractivity contribution < 1.29 is 4.79 Å². The van der Waals surface area contributed by atoms with Crippen molar-refractivity contribution in [3.63, 3.8) is 0 Å². The fraction of sp³-hybridized carbons (Fsp3) is 0.412. The number of nitrogens with zero attached hydrogens (tertiary/aromatic N) is 3. The van der Waals surface area contributed by atoms with Crippen LogP contribution in [0.3, 0.4) is 0 Å². The smallest absolute Gasteiger partial charge is 0.253 e. The van der Waals surface area contributed by atoms with Gasteiger partial charge in [-0.2, -0.15) is 5.10 Å². The number of aromatic nitrogens is 2. The lowest BCUT2D eigenvalue weighted by Gasteiger charge is -2.32. The number of hydrogen-bond donors (Lipinski definition) is 1. The van der Waals surface area contributed by atoms with Gasteiger partial charge in [0.25, 0.3) is 5.91 Å². The van der Waals surface area contributed by atoms with Gasteiger partial charge < -0.3 is 10.2 Å². The van der Waals surface area contributed by atoms with E-state index in [0.717, 1.165) is 43.6 Å². The molecule has 0 bridgehead atoms. The third-order valence-corrected chi connectivity index (χ3v) is 4.22. The van der Waals surface area contributed by atoms with Crippen molar-refractivity contribution in [3.05, 3.63) is 53.9 Å². The maximum absolute atomic E-state index is 12.6. The van der Waals surface area contributed by atoms with Gasteiger partial charge in [-0.1, -0.05) is 12.1 Å². The predicted octanol–water partition coefficient (Wildman–Crippen LogP) is 1.76. The van der Waals surface area contributed by atoms with Crippen LogP contribution in [0.2, 0.25) is 0 Å². The molecule has 1 aromatic heterocycles. The lowest BCUT2D eigenvalue weighted by Crippen LogP contribution is -2.46. The highest BCUT2D eigenvalue weighted by molar-refractivity contribution is 5.94. The zero-order valence-electron chi connectivity index (χ0n) is 12.9. The molecule has 5 nitrogen and oxygen atoms in total. The zero-order chi connectivity index (χ0) is 15.4. The summed E-state index contributed by atoms with van der Waals surface area (Å²) >= 11 is 0. The fourth-order valence-corrected chi connectivity index (χ4v) is 2.91. The highest BCUT2D eigenvalue weighted by atomic mass is 16.2. The third kappa shape index (κ3) is 3.36. The molecule has 1 unspecified atom stereocenters. The summed E-state index contributed by atoms with van der Waals surface area (Å²) in [6, 6.07) is 10.2. The van der Waals surface area contributed by atoms with Gasteiger partial charge in [-0.05, 0) is 43.7 Å². The minimum Gasteiger partial charge on any atom is -0.337 e. The van der Waals surface area contributed by atoms with Crippen molar-refractivity contribution in [2.45, 2.75) is 25.4 Å². The third-order valence-electron chi connectivity index (χ3n) is 4.22. The second-order valence-electron chi connectivity index (χ2n) is 5.78. The Morgan fingerprint density at radius 2 is 2.18 bits per heavy atom. The van der Waals surface area contributed by atoms with Crippen molar-refractivity contribution in [2.24, 2.45) is 0 Å². The van der Waals surface area contributed by atoms with E-state index in [9.17, 15) is 4.79 Å². The van der Waals surface area contributed by atoms with Crippen LogP contribution in [0.5, 0.6) is 0 Å². The van der Waals surface area contributed by atoms with Gasteiger partial charge in [0.2, 0.25) is 0 Å². The summed E-state index contributed by atoms with van der Waals surface area (Å²) in [6.45, 7) is 2.38. The number of likely N-dealkylation sites (N-methyl/N-ethyl adjacent to an activating group) is 1. The number of benzene rings is 1. The summed E-state index contributed by atoms with van der Waals surface area (Å²) in [5.41, 5.74) is 1.91. The SMILES string of the molecule is CNC1CCCN(C(=O)c2ccc(Cn3cccn3)cc2)C1. The van der Waals surface area contributed by atoms with E-state index in [1.54, 1.807) is 6.20 Å². The molecule has 1 saturated heterocycles. The molecule has 2 heterocycles. The topological polar surface area (TPSA) is 50.2 Å². The molecule has 0 radical (unpaired) electrons. The molecule has 2 aromatic rings. The van der Waals surface area contributed by atoms with Gasteiger partial charge in [-0.25, -0.2) is 0 Å². The molecule has 1 fully saturated rings. The van der Waals surface area contributed by atoms with Gasteiger partial charge in [-0.3, -0.25) is 9.48 Å². The molecule has 1 amide bonds. The van der Waals surface area contributed by atoms with Crippen molar-refractivity contribution in [2.75, 3.05) is 20.1 Å². The van der Waals surface area contributed by atoms with Crippen LogP contribution in [0.1, 0.15) is 28.8 Å². The number of likely N-dealkylation sites (tertiary alicyclic amines) is 1.